The van der Waals surface area contributed by atoms with Gasteiger partial charge in [0.25, 0.3) is 0 Å². The molecule has 1 rings (SSSR count). The molecular weight excluding hydrogens is 216 g/mol. The van der Waals surface area contributed by atoms with Gasteiger partial charge in [-0.3, -0.25) is 4.79 Å². The molecule has 0 radical (unpaired) electrons. The molecule has 1 atom stereocenters. The Morgan fingerprint density at radius 1 is 1.50 bits per heavy atom. The molecule has 0 aliphatic rings. The van der Waals surface area contributed by atoms with Crippen LogP contribution < -0.4 is 0 Å². The fourth-order valence-electron chi connectivity index (χ4n) is 1.13. The van der Waals surface area contributed by atoms with Gasteiger partial charge in [0.05, 0.1) is 5.92 Å². The smallest absolute Gasteiger partial charge is 0.311 e. The molecule has 0 heterocycles. The summed E-state index contributed by atoms with van der Waals surface area (Å²) in [5.41, 5.74) is 0.823. The lowest BCUT2D eigenvalue weighted by atomic mass is 10.0. The molecule has 74 valence electrons. The van der Waals surface area contributed by atoms with Gasteiger partial charge in [-0.1, -0.05) is 42.5 Å². The second-order valence-corrected chi connectivity index (χ2v) is 4.17. The van der Waals surface area contributed by atoms with Crippen molar-refractivity contribution in [3.63, 3.8) is 0 Å². The molecule has 0 aliphatic heterocycles. The van der Waals surface area contributed by atoms with E-state index in [1.54, 1.807) is 0 Å². The molecule has 0 saturated heterocycles. The summed E-state index contributed by atoms with van der Waals surface area (Å²) in [5, 5.41) is 8.99. The van der Waals surface area contributed by atoms with Gasteiger partial charge in [-0.25, -0.2) is 0 Å². The van der Waals surface area contributed by atoms with E-state index < -0.39 is 11.9 Å². The van der Waals surface area contributed by atoms with Gasteiger partial charge in [0.2, 0.25) is 0 Å². The highest BCUT2D eigenvalue weighted by molar-refractivity contribution is 8.20. The molecule has 1 aromatic carbocycles. The summed E-state index contributed by atoms with van der Waals surface area (Å²) in [6, 6.07) is 9.20. The summed E-state index contributed by atoms with van der Waals surface area (Å²) in [7, 11) is 0. The number of rotatable bonds is 5. The van der Waals surface area contributed by atoms with Crippen LogP contribution in [-0.2, 0) is 4.79 Å². The molecule has 0 bridgehead atoms. The number of hydrogen-bond donors (Lipinski definition) is 1. The van der Waals surface area contributed by atoms with E-state index in [0.29, 0.717) is 5.75 Å². The van der Waals surface area contributed by atoms with E-state index >= 15 is 0 Å². The van der Waals surface area contributed by atoms with Gasteiger partial charge in [-0.05, 0) is 5.56 Å². The van der Waals surface area contributed by atoms with Crippen LogP contribution in [0.25, 0.3) is 0 Å². The predicted octanol–water partition coefficient (Wildman–Crippen LogP) is 2.55. The Morgan fingerprint density at radius 3 is 2.64 bits per heavy atom. The van der Waals surface area contributed by atoms with Crippen molar-refractivity contribution in [1.29, 1.82) is 0 Å². The Hall–Kier alpha value is -0.870. The maximum absolute atomic E-state index is 10.9. The molecule has 0 aliphatic carbocycles. The molecular formula is C10H10O2S2. The summed E-state index contributed by atoms with van der Waals surface area (Å²) in [4.78, 5) is 10.9. The molecule has 1 N–H and O–H groups in total. The molecule has 0 aromatic heterocycles. The molecule has 0 saturated carbocycles. The van der Waals surface area contributed by atoms with Gasteiger partial charge >= 0.3 is 5.97 Å². The lowest BCUT2D eigenvalue weighted by Crippen LogP contribution is -2.13. The molecule has 1 aromatic rings. The fourth-order valence-corrected chi connectivity index (χ4v) is 1.97. The van der Waals surface area contributed by atoms with E-state index in [-0.39, 0.29) is 0 Å². The van der Waals surface area contributed by atoms with Gasteiger partial charge in [-0.2, -0.15) is 0 Å². The van der Waals surface area contributed by atoms with Crippen LogP contribution in [-0.4, -0.2) is 21.5 Å². The third-order valence-corrected chi connectivity index (χ3v) is 2.90. The van der Waals surface area contributed by atoms with Gasteiger partial charge in [0.1, 0.15) is 0 Å². The molecule has 4 heteroatoms. The number of benzene rings is 1. The minimum Gasteiger partial charge on any atom is -0.481 e. The van der Waals surface area contributed by atoms with Crippen LogP contribution in [0.15, 0.2) is 30.3 Å². The van der Waals surface area contributed by atoms with Crippen LogP contribution >= 0.6 is 24.0 Å². The van der Waals surface area contributed by atoms with E-state index in [1.165, 1.54) is 16.5 Å². The Kier molecular flexibility index (Phi) is 4.62. The zero-order valence-electron chi connectivity index (χ0n) is 7.42. The van der Waals surface area contributed by atoms with E-state index in [1.807, 2.05) is 30.3 Å². The quantitative estimate of drug-likeness (QED) is 0.783. The summed E-state index contributed by atoms with van der Waals surface area (Å²) in [5.74, 6) is -0.788. The Bertz CT molecular complexity index is 311. The zero-order chi connectivity index (χ0) is 10.4. The van der Waals surface area contributed by atoms with Crippen LogP contribution in [0, 0.1) is 0 Å². The maximum atomic E-state index is 10.9. The van der Waals surface area contributed by atoms with E-state index in [2.05, 4.69) is 12.2 Å². The van der Waals surface area contributed by atoms with Crippen molar-refractivity contribution in [3.05, 3.63) is 35.9 Å². The summed E-state index contributed by atoms with van der Waals surface area (Å²) in [6.45, 7) is 0. The second kappa shape index (κ2) is 5.78. The number of carboxylic acids is 1. The third kappa shape index (κ3) is 3.12. The SMILES string of the molecule is O=C(O)C(CSC=S)c1ccccc1. The standard InChI is InChI=1S/C10H10O2S2/c11-10(12)9(6-14-7-13)8-4-2-1-3-5-8/h1-5,7,9H,6H2,(H,11,12). The average Bonchev–Trinajstić information content (AvgIpc) is 2.19. The van der Waals surface area contributed by atoms with Crippen LogP contribution in [0.3, 0.4) is 0 Å². The first-order valence-electron chi connectivity index (χ1n) is 4.08. The Labute approximate surface area is 92.3 Å². The zero-order valence-corrected chi connectivity index (χ0v) is 9.05. The fraction of sp³-hybridized carbons (Fsp3) is 0.200. The van der Waals surface area contributed by atoms with Crippen molar-refractivity contribution in [2.45, 2.75) is 5.92 Å². The summed E-state index contributed by atoms with van der Waals surface area (Å²) >= 11 is 6.00. The predicted molar refractivity (Wildman–Crippen MR) is 62.9 cm³/mol. The molecule has 0 fully saturated rings. The monoisotopic (exact) mass is 226 g/mol. The first-order chi connectivity index (χ1) is 6.75. The van der Waals surface area contributed by atoms with Gasteiger partial charge in [0, 0.05) is 10.5 Å². The molecule has 1 unspecified atom stereocenters. The van der Waals surface area contributed by atoms with E-state index in [4.69, 9.17) is 5.11 Å². The Balaban J connectivity index is 2.78. The number of thiocarbonyl (C=S) groups is 1. The summed E-state index contributed by atoms with van der Waals surface area (Å²) in [6.07, 6.45) is 0. The highest BCUT2D eigenvalue weighted by Crippen LogP contribution is 2.19. The first-order valence-corrected chi connectivity index (χ1v) is 5.60. The minimum absolute atomic E-state index is 0.472. The van der Waals surface area contributed by atoms with Crippen molar-refractivity contribution in [2.75, 3.05) is 5.75 Å². The largest absolute Gasteiger partial charge is 0.481 e. The number of carboxylic acid groups (broad SMARTS) is 1. The van der Waals surface area contributed by atoms with Crippen molar-refractivity contribution in [2.24, 2.45) is 0 Å². The van der Waals surface area contributed by atoms with E-state index in [0.717, 1.165) is 5.56 Å². The van der Waals surface area contributed by atoms with Gasteiger partial charge in [0.15, 0.2) is 0 Å². The van der Waals surface area contributed by atoms with Crippen molar-refractivity contribution >= 4 is 34.6 Å². The topological polar surface area (TPSA) is 37.3 Å². The highest BCUT2D eigenvalue weighted by Gasteiger charge is 2.18. The van der Waals surface area contributed by atoms with Crippen LogP contribution in [0.1, 0.15) is 11.5 Å². The minimum atomic E-state index is -0.805. The number of hydrogen-bond acceptors (Lipinski definition) is 3. The van der Waals surface area contributed by atoms with Crippen LogP contribution in [0.2, 0.25) is 0 Å². The highest BCUT2D eigenvalue weighted by atomic mass is 32.2. The molecule has 0 amide bonds. The van der Waals surface area contributed by atoms with Crippen molar-refractivity contribution in [1.82, 2.24) is 0 Å². The van der Waals surface area contributed by atoms with Crippen molar-refractivity contribution in [3.8, 4) is 0 Å². The molecule has 0 spiro atoms. The van der Waals surface area contributed by atoms with Crippen LogP contribution in [0.5, 0.6) is 0 Å². The van der Waals surface area contributed by atoms with Crippen LogP contribution in [0.4, 0.5) is 0 Å². The lowest BCUT2D eigenvalue weighted by molar-refractivity contribution is -0.138. The number of carbonyl (C=O) groups is 1. The van der Waals surface area contributed by atoms with Crippen molar-refractivity contribution < 1.29 is 9.90 Å². The number of thioether (sulfide) groups is 1. The van der Waals surface area contributed by atoms with E-state index in [9.17, 15) is 4.79 Å². The summed E-state index contributed by atoms with van der Waals surface area (Å²) < 4.78 is 1.50. The average molecular weight is 226 g/mol. The third-order valence-electron chi connectivity index (χ3n) is 1.83. The van der Waals surface area contributed by atoms with Gasteiger partial charge < -0.3 is 5.11 Å². The number of aliphatic carboxylic acids is 1. The maximum Gasteiger partial charge on any atom is 0.311 e. The normalized spacial score (nSPS) is 12.0. The Morgan fingerprint density at radius 2 is 2.14 bits per heavy atom. The van der Waals surface area contributed by atoms with Gasteiger partial charge in [-0.15, -0.1) is 11.8 Å². The second-order valence-electron chi connectivity index (χ2n) is 2.73. The molecule has 2 nitrogen and oxygen atoms in total. The first kappa shape index (κ1) is 11.2. The lowest BCUT2D eigenvalue weighted by Gasteiger charge is -2.10. The molecule has 14 heavy (non-hydrogen) atoms.